The second-order valence-corrected chi connectivity index (χ2v) is 8.66. The van der Waals surface area contributed by atoms with Crippen molar-refractivity contribution in [2.45, 2.75) is 66.4 Å². The van der Waals surface area contributed by atoms with Crippen LogP contribution in [0, 0.1) is 22.7 Å². The van der Waals surface area contributed by atoms with Crippen molar-refractivity contribution in [1.82, 2.24) is 0 Å². The normalized spacial score (nSPS) is 33.9. The van der Waals surface area contributed by atoms with Crippen LogP contribution in [-0.4, -0.2) is 43.5 Å². The molecule has 0 aromatic carbocycles. The van der Waals surface area contributed by atoms with Crippen LogP contribution in [-0.2, 0) is 33.4 Å². The second-order valence-electron chi connectivity index (χ2n) is 8.66. The molecule has 2 aliphatic carbocycles. The van der Waals surface area contributed by atoms with Gasteiger partial charge in [-0.15, -0.1) is 0 Å². The summed E-state index contributed by atoms with van der Waals surface area (Å²) in [6.07, 6.45) is 3.31. The summed E-state index contributed by atoms with van der Waals surface area (Å²) >= 11 is 0. The number of fused-ring (bicyclic) bond motifs is 1. The lowest BCUT2D eigenvalue weighted by Crippen LogP contribution is -2.58. The van der Waals surface area contributed by atoms with Gasteiger partial charge in [0.2, 0.25) is 0 Å². The first-order chi connectivity index (χ1) is 13.5. The molecule has 2 unspecified atom stereocenters. The summed E-state index contributed by atoms with van der Waals surface area (Å²) in [7, 11) is 1.28. The minimum atomic E-state index is -1.28. The van der Waals surface area contributed by atoms with E-state index < -0.39 is 23.5 Å². The molecule has 0 aliphatic heterocycles. The van der Waals surface area contributed by atoms with Gasteiger partial charge in [-0.3, -0.25) is 19.2 Å². The molecule has 0 aromatic heterocycles. The number of ether oxygens (including phenoxy) is 3. The molecule has 0 heterocycles. The summed E-state index contributed by atoms with van der Waals surface area (Å²) in [4.78, 5) is 48.6. The zero-order valence-electron chi connectivity index (χ0n) is 18.2. The Morgan fingerprint density at radius 3 is 2.34 bits per heavy atom. The Balaban J connectivity index is 2.45. The van der Waals surface area contributed by atoms with Crippen molar-refractivity contribution in [2.24, 2.45) is 22.7 Å². The van der Waals surface area contributed by atoms with E-state index in [-0.39, 0.29) is 29.0 Å². The fourth-order valence-corrected chi connectivity index (χ4v) is 5.03. The van der Waals surface area contributed by atoms with E-state index in [1.165, 1.54) is 21.0 Å². The monoisotopic (exact) mass is 408 g/mol. The van der Waals surface area contributed by atoms with E-state index in [4.69, 9.17) is 14.2 Å². The lowest BCUT2D eigenvalue weighted by atomic mass is 9.50. The smallest absolute Gasteiger partial charge is 0.316 e. The molecule has 162 valence electrons. The Hall–Kier alpha value is -2.18. The lowest BCUT2D eigenvalue weighted by molar-refractivity contribution is -0.179. The van der Waals surface area contributed by atoms with Crippen LogP contribution >= 0.6 is 0 Å². The molecular weight excluding hydrogens is 376 g/mol. The minimum Gasteiger partial charge on any atom is -0.468 e. The first kappa shape index (κ1) is 23.1. The lowest BCUT2D eigenvalue weighted by Gasteiger charge is -2.53. The van der Waals surface area contributed by atoms with Gasteiger partial charge in [-0.1, -0.05) is 19.4 Å². The maximum absolute atomic E-state index is 13.0. The second kappa shape index (κ2) is 8.67. The molecule has 0 saturated heterocycles. The van der Waals surface area contributed by atoms with E-state index in [0.717, 1.165) is 12.0 Å². The van der Waals surface area contributed by atoms with Crippen LogP contribution in [0.5, 0.6) is 0 Å². The summed E-state index contributed by atoms with van der Waals surface area (Å²) in [5, 5.41) is 0. The van der Waals surface area contributed by atoms with Crippen LogP contribution in [0.25, 0.3) is 0 Å². The number of hydrogen-bond acceptors (Lipinski definition) is 7. The topological polar surface area (TPSA) is 96.0 Å². The molecule has 5 atom stereocenters. The Bertz CT molecular complexity index is 725. The molecule has 2 aliphatic rings. The van der Waals surface area contributed by atoms with E-state index in [0.29, 0.717) is 25.9 Å². The molecule has 0 N–H and O–H groups in total. The molecular formula is C22H32O7. The Kier molecular flexibility index (Phi) is 6.91. The maximum Gasteiger partial charge on any atom is 0.316 e. The summed E-state index contributed by atoms with van der Waals surface area (Å²) in [6, 6.07) is 0. The molecule has 1 fully saturated rings. The first-order valence-corrected chi connectivity index (χ1v) is 10.1. The number of esters is 3. The van der Waals surface area contributed by atoms with Gasteiger partial charge in [0.25, 0.3) is 0 Å². The molecule has 29 heavy (non-hydrogen) atoms. The van der Waals surface area contributed by atoms with E-state index >= 15 is 0 Å². The third-order valence-electron chi connectivity index (χ3n) is 6.89. The van der Waals surface area contributed by atoms with Crippen molar-refractivity contribution in [2.75, 3.05) is 13.7 Å². The Labute approximate surface area is 172 Å². The van der Waals surface area contributed by atoms with E-state index in [1.807, 2.05) is 0 Å². The maximum atomic E-state index is 13.0. The largest absolute Gasteiger partial charge is 0.468 e. The third kappa shape index (κ3) is 4.23. The van der Waals surface area contributed by atoms with Gasteiger partial charge < -0.3 is 14.2 Å². The number of methoxy groups -OCH3 is 1. The molecule has 0 bridgehead atoms. The summed E-state index contributed by atoms with van der Waals surface area (Å²) in [5.41, 5.74) is -0.714. The zero-order valence-corrected chi connectivity index (χ0v) is 18.2. The van der Waals surface area contributed by atoms with Gasteiger partial charge in [-0.05, 0) is 50.0 Å². The van der Waals surface area contributed by atoms with Gasteiger partial charge in [-0.25, -0.2) is 0 Å². The first-order valence-electron chi connectivity index (χ1n) is 10.1. The predicted molar refractivity (Wildman–Crippen MR) is 105 cm³/mol. The zero-order chi connectivity index (χ0) is 22.0. The van der Waals surface area contributed by atoms with Gasteiger partial charge in [0.1, 0.15) is 5.41 Å². The van der Waals surface area contributed by atoms with Crippen molar-refractivity contribution < 1.29 is 33.4 Å². The van der Waals surface area contributed by atoms with E-state index in [9.17, 15) is 19.2 Å². The fourth-order valence-electron chi connectivity index (χ4n) is 5.03. The molecule has 7 nitrogen and oxygen atoms in total. The van der Waals surface area contributed by atoms with Crippen molar-refractivity contribution >= 4 is 23.7 Å². The number of carbonyl (C=O) groups excluding carboxylic acids is 4. The third-order valence-corrected chi connectivity index (χ3v) is 6.89. The van der Waals surface area contributed by atoms with Crippen LogP contribution in [0.3, 0.4) is 0 Å². The average molecular weight is 408 g/mol. The highest BCUT2D eigenvalue weighted by Crippen LogP contribution is 2.58. The van der Waals surface area contributed by atoms with Crippen LogP contribution < -0.4 is 0 Å². The highest BCUT2D eigenvalue weighted by Gasteiger charge is 2.60. The summed E-state index contributed by atoms with van der Waals surface area (Å²) in [6.45, 7) is 8.82. The summed E-state index contributed by atoms with van der Waals surface area (Å²) in [5.74, 6) is -1.86. The number of rotatable bonds is 6. The summed E-state index contributed by atoms with van der Waals surface area (Å²) < 4.78 is 15.4. The number of carbonyl (C=O) groups is 4. The average Bonchev–Trinajstić information content (AvgIpc) is 2.65. The SMILES string of the molecule is COC(=O)[C@@]1(C)C(OC(C)=O)C(=O)C=C2[C@@H]1CCC(C)[C@]2(C)CCCOC(C)=O. The van der Waals surface area contributed by atoms with Crippen molar-refractivity contribution in [1.29, 1.82) is 0 Å². The highest BCUT2D eigenvalue weighted by molar-refractivity contribution is 6.01. The molecule has 0 radical (unpaired) electrons. The predicted octanol–water partition coefficient (Wildman–Crippen LogP) is 3.00. The van der Waals surface area contributed by atoms with Crippen molar-refractivity contribution in [3.05, 3.63) is 11.6 Å². The Morgan fingerprint density at radius 1 is 1.14 bits per heavy atom. The molecule has 0 aromatic rings. The Morgan fingerprint density at radius 2 is 1.79 bits per heavy atom. The molecule has 7 heteroatoms. The molecule has 1 saturated carbocycles. The van der Waals surface area contributed by atoms with Crippen LogP contribution in [0.2, 0.25) is 0 Å². The van der Waals surface area contributed by atoms with Crippen LogP contribution in [0.1, 0.15) is 60.3 Å². The van der Waals surface area contributed by atoms with Crippen LogP contribution in [0.15, 0.2) is 11.6 Å². The number of ketones is 1. The minimum absolute atomic E-state index is 0.271. The van der Waals surface area contributed by atoms with Gasteiger partial charge in [0, 0.05) is 19.8 Å². The van der Waals surface area contributed by atoms with Crippen molar-refractivity contribution in [3.63, 3.8) is 0 Å². The highest BCUT2D eigenvalue weighted by atomic mass is 16.6. The molecule has 0 amide bonds. The molecule has 2 rings (SSSR count). The number of hydrogen-bond donors (Lipinski definition) is 0. The van der Waals surface area contributed by atoms with Crippen molar-refractivity contribution in [3.8, 4) is 0 Å². The quantitative estimate of drug-likeness (QED) is 0.379. The molecule has 0 spiro atoms. The van der Waals surface area contributed by atoms with E-state index in [1.54, 1.807) is 13.0 Å². The van der Waals surface area contributed by atoms with Gasteiger partial charge in [0.15, 0.2) is 11.9 Å². The van der Waals surface area contributed by atoms with E-state index in [2.05, 4.69) is 13.8 Å². The van der Waals surface area contributed by atoms with Gasteiger partial charge in [-0.2, -0.15) is 0 Å². The fraction of sp³-hybridized carbons (Fsp3) is 0.727. The van der Waals surface area contributed by atoms with Gasteiger partial charge >= 0.3 is 17.9 Å². The van der Waals surface area contributed by atoms with Crippen LogP contribution in [0.4, 0.5) is 0 Å². The number of allylic oxidation sites excluding steroid dienone is 1. The standard InChI is InChI=1S/C22H32O7/c1-13-8-9-16-17(21(13,4)10-7-11-28-14(2)23)12-18(25)19(29-15(3)24)22(16,5)20(26)27-6/h12-13,16,19H,7-11H2,1-6H3/t13?,16-,19?,21-,22+/m0/s1. The van der Waals surface area contributed by atoms with Gasteiger partial charge in [0.05, 0.1) is 13.7 Å².